The molecule has 1 saturated heterocycles. The highest BCUT2D eigenvalue weighted by Crippen LogP contribution is 2.27. The van der Waals surface area contributed by atoms with Crippen LogP contribution in [0.3, 0.4) is 0 Å². The van der Waals surface area contributed by atoms with E-state index >= 15 is 0 Å². The summed E-state index contributed by atoms with van der Waals surface area (Å²) in [5.74, 6) is 2.70. The predicted molar refractivity (Wildman–Crippen MR) is 137 cm³/mol. The van der Waals surface area contributed by atoms with Crippen molar-refractivity contribution < 1.29 is 9.47 Å². The Morgan fingerprint density at radius 1 is 1.03 bits per heavy atom. The summed E-state index contributed by atoms with van der Waals surface area (Å²) < 4.78 is 10.6. The lowest BCUT2D eigenvalue weighted by Crippen LogP contribution is -2.32. The Kier molecular flexibility index (Phi) is 10.4. The van der Waals surface area contributed by atoms with Gasteiger partial charge in [-0.1, -0.05) is 37.3 Å². The number of halogens is 1. The summed E-state index contributed by atoms with van der Waals surface area (Å²) in [6.07, 6.45) is 2.60. The largest absolute Gasteiger partial charge is 0.493 e. The normalized spacial score (nSPS) is 15.3. The van der Waals surface area contributed by atoms with Crippen LogP contribution in [0.4, 0.5) is 0 Å². The number of nitrogens with two attached hydrogens (primary N) is 1. The number of hydrogen-bond donors (Lipinski definition) is 2. The molecule has 1 fully saturated rings. The maximum Gasteiger partial charge on any atom is 0.189 e. The molecule has 0 aromatic heterocycles. The minimum absolute atomic E-state index is 0. The molecule has 0 aliphatic carbocycles. The summed E-state index contributed by atoms with van der Waals surface area (Å²) in [4.78, 5) is 7.04. The summed E-state index contributed by atoms with van der Waals surface area (Å²) in [6.45, 7) is 6.88. The van der Waals surface area contributed by atoms with Crippen LogP contribution >= 0.6 is 24.0 Å². The minimum atomic E-state index is 0. The van der Waals surface area contributed by atoms with Crippen LogP contribution in [-0.4, -0.2) is 38.2 Å². The molecule has 170 valence electrons. The molecule has 0 atom stereocenters. The number of likely N-dealkylation sites (tertiary alicyclic amines) is 1. The lowest BCUT2D eigenvalue weighted by atomic mass is 9.98. The third-order valence-electron chi connectivity index (χ3n) is 5.63. The van der Waals surface area contributed by atoms with Gasteiger partial charge in [0.1, 0.15) is 0 Å². The average molecular weight is 538 g/mol. The first-order chi connectivity index (χ1) is 14.6. The van der Waals surface area contributed by atoms with Gasteiger partial charge in [0, 0.05) is 13.1 Å². The quantitative estimate of drug-likeness (QED) is 0.300. The van der Waals surface area contributed by atoms with Gasteiger partial charge in [0.05, 0.1) is 20.8 Å². The number of nitrogens with one attached hydrogen (secondary N) is 1. The van der Waals surface area contributed by atoms with Crippen LogP contribution in [0.15, 0.2) is 47.5 Å². The number of hydrogen-bond acceptors (Lipinski definition) is 4. The number of ether oxygens (including phenoxy) is 2. The first-order valence-corrected chi connectivity index (χ1v) is 10.6. The maximum atomic E-state index is 6.07. The van der Waals surface area contributed by atoms with Crippen molar-refractivity contribution in [2.24, 2.45) is 16.6 Å². The van der Waals surface area contributed by atoms with Crippen LogP contribution in [-0.2, 0) is 19.6 Å². The van der Waals surface area contributed by atoms with Gasteiger partial charge in [0.2, 0.25) is 0 Å². The first kappa shape index (κ1) is 25.3. The van der Waals surface area contributed by atoms with Gasteiger partial charge in [-0.25, -0.2) is 4.99 Å². The van der Waals surface area contributed by atoms with Crippen LogP contribution < -0.4 is 20.5 Å². The Balaban J connectivity index is 0.00000341. The zero-order valence-electron chi connectivity index (χ0n) is 18.8. The monoisotopic (exact) mass is 538 g/mol. The molecule has 0 spiro atoms. The fourth-order valence-corrected chi connectivity index (χ4v) is 3.72. The second-order valence-corrected chi connectivity index (χ2v) is 8.02. The molecule has 0 radical (unpaired) electrons. The van der Waals surface area contributed by atoms with E-state index in [9.17, 15) is 0 Å². The van der Waals surface area contributed by atoms with Crippen LogP contribution in [0.5, 0.6) is 11.5 Å². The molecule has 1 heterocycles. The van der Waals surface area contributed by atoms with Gasteiger partial charge in [-0.05, 0) is 60.7 Å². The molecule has 0 unspecified atom stereocenters. The number of nitrogens with zero attached hydrogens (tertiary/aromatic N) is 2. The highest BCUT2D eigenvalue weighted by Gasteiger charge is 2.15. The van der Waals surface area contributed by atoms with Crippen molar-refractivity contribution in [3.05, 3.63) is 59.2 Å². The van der Waals surface area contributed by atoms with Crippen LogP contribution in [0.2, 0.25) is 0 Å². The van der Waals surface area contributed by atoms with Gasteiger partial charge < -0.3 is 20.5 Å². The molecule has 0 amide bonds. The van der Waals surface area contributed by atoms with Crippen molar-refractivity contribution in [2.75, 3.05) is 27.3 Å². The van der Waals surface area contributed by atoms with E-state index in [0.29, 0.717) is 30.5 Å². The molecule has 2 aromatic rings. The zero-order chi connectivity index (χ0) is 21.3. The zero-order valence-corrected chi connectivity index (χ0v) is 21.1. The Bertz CT molecular complexity index is 851. The Labute approximate surface area is 203 Å². The molecule has 1 aliphatic rings. The minimum Gasteiger partial charge on any atom is -0.493 e. The second-order valence-electron chi connectivity index (χ2n) is 8.02. The fourth-order valence-electron chi connectivity index (χ4n) is 3.72. The predicted octanol–water partition coefficient (Wildman–Crippen LogP) is 4.16. The molecular formula is C24H35IN4O2. The molecule has 7 heteroatoms. The van der Waals surface area contributed by atoms with Gasteiger partial charge >= 0.3 is 0 Å². The number of aliphatic imine (C=N–C) groups is 1. The van der Waals surface area contributed by atoms with Crippen LogP contribution in [0.25, 0.3) is 0 Å². The van der Waals surface area contributed by atoms with Crippen molar-refractivity contribution >= 4 is 29.9 Å². The fraction of sp³-hybridized carbons (Fsp3) is 0.458. The highest BCUT2D eigenvalue weighted by molar-refractivity contribution is 14.0. The summed E-state index contributed by atoms with van der Waals surface area (Å²) in [6, 6.07) is 14.5. The van der Waals surface area contributed by atoms with E-state index < -0.39 is 0 Å². The Hall–Kier alpha value is -2.00. The van der Waals surface area contributed by atoms with E-state index in [1.807, 2.05) is 18.2 Å². The third-order valence-corrected chi connectivity index (χ3v) is 5.63. The third kappa shape index (κ3) is 7.88. The van der Waals surface area contributed by atoms with E-state index in [-0.39, 0.29) is 24.0 Å². The second kappa shape index (κ2) is 12.8. The van der Waals surface area contributed by atoms with E-state index in [1.165, 1.54) is 37.1 Å². The van der Waals surface area contributed by atoms with Crippen molar-refractivity contribution in [2.45, 2.75) is 39.4 Å². The molecule has 31 heavy (non-hydrogen) atoms. The SMILES string of the molecule is COc1ccc(CNC(N)=NCc2cccc(CN3CCC(C)CC3)c2)cc1OC.I. The molecule has 1 aliphatic heterocycles. The number of rotatable bonds is 8. The smallest absolute Gasteiger partial charge is 0.189 e. The Morgan fingerprint density at radius 3 is 2.45 bits per heavy atom. The standard InChI is InChI=1S/C24H34N4O2.HI/c1-18-9-11-28(12-10-18)17-21-6-4-5-19(13-21)15-26-24(25)27-16-20-7-8-22(29-2)23(14-20)30-3;/h4-8,13-14,18H,9-12,15-17H2,1-3H3,(H3,25,26,27);1H. The first-order valence-electron chi connectivity index (χ1n) is 10.6. The van der Waals surface area contributed by atoms with Crippen molar-refractivity contribution in [1.29, 1.82) is 0 Å². The molecule has 3 N–H and O–H groups in total. The summed E-state index contributed by atoms with van der Waals surface area (Å²) in [5.41, 5.74) is 9.63. The topological polar surface area (TPSA) is 72.1 Å². The number of guanidine groups is 1. The molecule has 6 nitrogen and oxygen atoms in total. The van der Waals surface area contributed by atoms with Crippen molar-refractivity contribution in [3.63, 3.8) is 0 Å². The van der Waals surface area contributed by atoms with E-state index in [0.717, 1.165) is 18.0 Å². The van der Waals surface area contributed by atoms with Gasteiger partial charge in [0.15, 0.2) is 17.5 Å². The van der Waals surface area contributed by atoms with Crippen LogP contribution in [0.1, 0.15) is 36.5 Å². The molecular weight excluding hydrogens is 503 g/mol. The lowest BCUT2D eigenvalue weighted by Gasteiger charge is -2.30. The van der Waals surface area contributed by atoms with E-state index in [2.05, 4.69) is 46.4 Å². The molecule has 0 bridgehead atoms. The van der Waals surface area contributed by atoms with Crippen molar-refractivity contribution in [1.82, 2.24) is 10.2 Å². The van der Waals surface area contributed by atoms with Gasteiger partial charge in [0.25, 0.3) is 0 Å². The van der Waals surface area contributed by atoms with E-state index in [4.69, 9.17) is 15.2 Å². The number of benzene rings is 2. The summed E-state index contributed by atoms with van der Waals surface area (Å²) in [5, 5.41) is 3.17. The summed E-state index contributed by atoms with van der Waals surface area (Å²) in [7, 11) is 3.26. The lowest BCUT2D eigenvalue weighted by molar-refractivity contribution is 0.185. The Morgan fingerprint density at radius 2 is 1.74 bits per heavy atom. The number of methoxy groups -OCH3 is 2. The molecule has 2 aromatic carbocycles. The van der Waals surface area contributed by atoms with Crippen molar-refractivity contribution in [3.8, 4) is 11.5 Å². The van der Waals surface area contributed by atoms with Gasteiger partial charge in [-0.2, -0.15) is 0 Å². The summed E-state index contributed by atoms with van der Waals surface area (Å²) >= 11 is 0. The van der Waals surface area contributed by atoms with Gasteiger partial charge in [-0.3, -0.25) is 4.90 Å². The average Bonchev–Trinajstić information content (AvgIpc) is 2.78. The van der Waals surface area contributed by atoms with Crippen LogP contribution in [0, 0.1) is 5.92 Å². The molecule has 3 rings (SSSR count). The number of piperidine rings is 1. The molecule has 0 saturated carbocycles. The maximum absolute atomic E-state index is 6.07. The highest BCUT2D eigenvalue weighted by atomic mass is 127. The van der Waals surface area contributed by atoms with Gasteiger partial charge in [-0.15, -0.1) is 24.0 Å². The van der Waals surface area contributed by atoms with E-state index in [1.54, 1.807) is 14.2 Å².